The van der Waals surface area contributed by atoms with Crippen LogP contribution in [0.4, 0.5) is 0 Å². The molecule has 1 aliphatic heterocycles. The molecule has 1 aromatic carbocycles. The number of fused-ring (bicyclic) bond motifs is 1. The van der Waals surface area contributed by atoms with Crippen molar-refractivity contribution in [3.05, 3.63) is 54.6 Å². The Bertz CT molecular complexity index is 488. The Balaban J connectivity index is 1.96. The van der Waals surface area contributed by atoms with E-state index in [0.29, 0.717) is 0 Å². The molecule has 0 saturated carbocycles. The van der Waals surface area contributed by atoms with Crippen LogP contribution in [-0.4, -0.2) is 9.55 Å². The first-order valence-corrected chi connectivity index (χ1v) is 4.85. The standard InChI is InChI=1S/C12H10N2O/c1-2-4-11-10(3-1)5-6-12(15-11)14-8-7-13-9-14/h1-9,12H. The summed E-state index contributed by atoms with van der Waals surface area (Å²) in [5.74, 6) is 0.915. The zero-order chi connectivity index (χ0) is 10.1. The molecule has 15 heavy (non-hydrogen) atoms. The van der Waals surface area contributed by atoms with Gasteiger partial charge in [-0.2, -0.15) is 0 Å². The second-order valence-corrected chi connectivity index (χ2v) is 3.42. The number of hydrogen-bond donors (Lipinski definition) is 0. The van der Waals surface area contributed by atoms with Gasteiger partial charge in [0.05, 0.1) is 6.33 Å². The van der Waals surface area contributed by atoms with E-state index in [-0.39, 0.29) is 6.23 Å². The number of imidazole rings is 1. The van der Waals surface area contributed by atoms with E-state index >= 15 is 0 Å². The van der Waals surface area contributed by atoms with Gasteiger partial charge >= 0.3 is 0 Å². The maximum atomic E-state index is 5.81. The normalized spacial score (nSPS) is 18.3. The SMILES string of the molecule is C1=CC(n2ccnc2)Oc2ccccc21. The molecule has 2 heterocycles. The molecule has 74 valence electrons. The average molecular weight is 198 g/mol. The largest absolute Gasteiger partial charge is 0.466 e. The van der Waals surface area contributed by atoms with Gasteiger partial charge in [-0.3, -0.25) is 4.57 Å². The summed E-state index contributed by atoms with van der Waals surface area (Å²) in [6.07, 6.45) is 9.40. The van der Waals surface area contributed by atoms with Gasteiger partial charge in [0.15, 0.2) is 6.23 Å². The number of hydrogen-bond acceptors (Lipinski definition) is 2. The molecule has 0 radical (unpaired) electrons. The van der Waals surface area contributed by atoms with Gasteiger partial charge < -0.3 is 4.74 Å². The Morgan fingerprint density at radius 2 is 2.20 bits per heavy atom. The Morgan fingerprint density at radius 1 is 1.27 bits per heavy atom. The van der Waals surface area contributed by atoms with Crippen LogP contribution < -0.4 is 4.74 Å². The summed E-state index contributed by atoms with van der Waals surface area (Å²) in [7, 11) is 0. The Labute approximate surface area is 87.6 Å². The molecule has 3 rings (SSSR count). The molecule has 1 aromatic heterocycles. The fourth-order valence-corrected chi connectivity index (χ4v) is 1.66. The molecular weight excluding hydrogens is 188 g/mol. The highest BCUT2D eigenvalue weighted by Gasteiger charge is 2.14. The predicted octanol–water partition coefficient (Wildman–Crippen LogP) is 2.49. The minimum absolute atomic E-state index is 0.0811. The molecule has 1 atom stereocenters. The first-order chi connectivity index (χ1) is 7.43. The number of nitrogens with zero attached hydrogens (tertiary/aromatic N) is 2. The van der Waals surface area contributed by atoms with Crippen LogP contribution in [0.1, 0.15) is 11.8 Å². The van der Waals surface area contributed by atoms with Crippen LogP contribution in [0.3, 0.4) is 0 Å². The lowest BCUT2D eigenvalue weighted by Gasteiger charge is -2.21. The van der Waals surface area contributed by atoms with E-state index in [1.807, 2.05) is 41.1 Å². The minimum Gasteiger partial charge on any atom is -0.466 e. The van der Waals surface area contributed by atoms with Crippen LogP contribution in [-0.2, 0) is 0 Å². The van der Waals surface area contributed by atoms with Crippen LogP contribution in [0.15, 0.2) is 49.1 Å². The molecule has 3 heteroatoms. The molecule has 2 aromatic rings. The van der Waals surface area contributed by atoms with Gasteiger partial charge in [-0.15, -0.1) is 0 Å². The van der Waals surface area contributed by atoms with E-state index in [1.54, 1.807) is 12.5 Å². The third-order valence-corrected chi connectivity index (χ3v) is 2.43. The van der Waals surface area contributed by atoms with Crippen molar-refractivity contribution in [2.75, 3.05) is 0 Å². The maximum absolute atomic E-state index is 5.81. The van der Waals surface area contributed by atoms with Crippen molar-refractivity contribution >= 4 is 6.08 Å². The molecule has 0 fully saturated rings. The molecule has 0 bridgehead atoms. The van der Waals surface area contributed by atoms with Crippen molar-refractivity contribution in [3.8, 4) is 5.75 Å². The summed E-state index contributed by atoms with van der Waals surface area (Å²) in [6, 6.07) is 7.99. The molecule has 3 nitrogen and oxygen atoms in total. The topological polar surface area (TPSA) is 27.1 Å². The number of aromatic nitrogens is 2. The molecule has 0 spiro atoms. The quantitative estimate of drug-likeness (QED) is 0.703. The van der Waals surface area contributed by atoms with E-state index in [2.05, 4.69) is 11.1 Å². The monoisotopic (exact) mass is 198 g/mol. The summed E-state index contributed by atoms with van der Waals surface area (Å²) in [5, 5.41) is 0. The third kappa shape index (κ3) is 1.42. The van der Waals surface area contributed by atoms with Crippen LogP contribution in [0.25, 0.3) is 6.08 Å². The summed E-state index contributed by atoms with van der Waals surface area (Å²) >= 11 is 0. The second kappa shape index (κ2) is 3.28. The second-order valence-electron chi connectivity index (χ2n) is 3.42. The lowest BCUT2D eigenvalue weighted by atomic mass is 10.1. The van der Waals surface area contributed by atoms with Crippen molar-refractivity contribution in [2.24, 2.45) is 0 Å². The first-order valence-electron chi connectivity index (χ1n) is 4.85. The van der Waals surface area contributed by atoms with E-state index < -0.39 is 0 Å². The van der Waals surface area contributed by atoms with E-state index in [0.717, 1.165) is 11.3 Å². The van der Waals surface area contributed by atoms with Gasteiger partial charge in [0, 0.05) is 18.0 Å². The van der Waals surface area contributed by atoms with Gasteiger partial charge in [-0.25, -0.2) is 4.98 Å². The highest BCUT2D eigenvalue weighted by atomic mass is 16.5. The zero-order valence-corrected chi connectivity index (χ0v) is 8.08. The van der Waals surface area contributed by atoms with Crippen LogP contribution in [0.5, 0.6) is 5.75 Å². The Kier molecular flexibility index (Phi) is 1.81. The molecule has 1 aliphatic rings. The molecule has 0 aliphatic carbocycles. The van der Waals surface area contributed by atoms with Crippen molar-refractivity contribution in [2.45, 2.75) is 6.23 Å². The van der Waals surface area contributed by atoms with Gasteiger partial charge in [-0.05, 0) is 18.2 Å². The van der Waals surface area contributed by atoms with Crippen LogP contribution in [0, 0.1) is 0 Å². The molecule has 0 saturated heterocycles. The average Bonchev–Trinajstić information content (AvgIpc) is 2.82. The highest BCUT2D eigenvalue weighted by molar-refractivity contribution is 5.59. The van der Waals surface area contributed by atoms with Crippen molar-refractivity contribution < 1.29 is 4.74 Å². The van der Waals surface area contributed by atoms with Gasteiger partial charge in [0.25, 0.3) is 0 Å². The zero-order valence-electron chi connectivity index (χ0n) is 8.08. The van der Waals surface area contributed by atoms with Crippen molar-refractivity contribution in [1.29, 1.82) is 0 Å². The third-order valence-electron chi connectivity index (χ3n) is 2.43. The first kappa shape index (κ1) is 8.29. The number of para-hydroxylation sites is 1. The van der Waals surface area contributed by atoms with E-state index in [4.69, 9.17) is 4.74 Å². The molecule has 1 unspecified atom stereocenters. The molecule has 0 N–H and O–H groups in total. The fourth-order valence-electron chi connectivity index (χ4n) is 1.66. The maximum Gasteiger partial charge on any atom is 0.196 e. The summed E-state index contributed by atoms with van der Waals surface area (Å²) in [5.41, 5.74) is 1.12. The van der Waals surface area contributed by atoms with E-state index in [1.165, 1.54) is 0 Å². The fraction of sp³-hybridized carbons (Fsp3) is 0.0833. The van der Waals surface area contributed by atoms with Crippen LogP contribution in [0.2, 0.25) is 0 Å². The lowest BCUT2D eigenvalue weighted by Crippen LogP contribution is -2.14. The van der Waals surface area contributed by atoms with Gasteiger partial charge in [-0.1, -0.05) is 18.2 Å². The van der Waals surface area contributed by atoms with Crippen LogP contribution >= 0.6 is 0 Å². The summed E-state index contributed by atoms with van der Waals surface area (Å²) in [4.78, 5) is 4.00. The van der Waals surface area contributed by atoms with Crippen molar-refractivity contribution in [1.82, 2.24) is 9.55 Å². The molecule has 0 amide bonds. The van der Waals surface area contributed by atoms with Crippen molar-refractivity contribution in [3.63, 3.8) is 0 Å². The minimum atomic E-state index is -0.0811. The number of rotatable bonds is 1. The molecular formula is C12H10N2O. The summed E-state index contributed by atoms with van der Waals surface area (Å²) < 4.78 is 7.74. The predicted molar refractivity (Wildman–Crippen MR) is 57.4 cm³/mol. The lowest BCUT2D eigenvalue weighted by molar-refractivity contribution is 0.179. The van der Waals surface area contributed by atoms with E-state index in [9.17, 15) is 0 Å². The number of benzene rings is 1. The Morgan fingerprint density at radius 3 is 3.07 bits per heavy atom. The highest BCUT2D eigenvalue weighted by Crippen LogP contribution is 2.29. The van der Waals surface area contributed by atoms with Gasteiger partial charge in [0.1, 0.15) is 5.75 Å². The summed E-state index contributed by atoms with van der Waals surface area (Å²) in [6.45, 7) is 0. The van der Waals surface area contributed by atoms with Gasteiger partial charge in [0.2, 0.25) is 0 Å². The number of ether oxygens (including phenoxy) is 1. The smallest absolute Gasteiger partial charge is 0.196 e. The Hall–Kier alpha value is -2.03.